The fourth-order valence-electron chi connectivity index (χ4n) is 3.53. The number of benzene rings is 1. The average Bonchev–Trinajstić information content (AvgIpc) is 3.17. The number of likely N-dealkylation sites (tertiary alicyclic amines) is 1. The first kappa shape index (κ1) is 16.6. The molecule has 2 atom stereocenters. The van der Waals surface area contributed by atoms with E-state index in [1.54, 1.807) is 13.3 Å². The van der Waals surface area contributed by atoms with Crippen molar-refractivity contribution < 1.29 is 9.53 Å². The Morgan fingerprint density at radius 2 is 2.17 bits per heavy atom. The zero-order valence-corrected chi connectivity index (χ0v) is 14.4. The predicted octanol–water partition coefficient (Wildman–Crippen LogP) is 3.67. The van der Waals surface area contributed by atoms with Gasteiger partial charge in [0, 0.05) is 18.9 Å². The highest BCUT2D eigenvalue weighted by molar-refractivity contribution is 5.84. The zero-order chi connectivity index (χ0) is 16.9. The van der Waals surface area contributed by atoms with Crippen molar-refractivity contribution in [2.24, 2.45) is 0 Å². The lowest BCUT2D eigenvalue weighted by molar-refractivity contribution is -0.137. The van der Waals surface area contributed by atoms with Crippen LogP contribution >= 0.6 is 0 Å². The Kier molecular flexibility index (Phi) is 5.18. The van der Waals surface area contributed by atoms with Crippen molar-refractivity contribution in [1.29, 1.82) is 0 Å². The summed E-state index contributed by atoms with van der Waals surface area (Å²) >= 11 is 0. The highest BCUT2D eigenvalue weighted by Gasteiger charge is 2.33. The van der Waals surface area contributed by atoms with Crippen LogP contribution in [0.25, 0.3) is 0 Å². The van der Waals surface area contributed by atoms with Gasteiger partial charge in [0.05, 0.1) is 19.1 Å². The topological polar surface area (TPSA) is 58.2 Å². The number of rotatable bonds is 5. The van der Waals surface area contributed by atoms with Gasteiger partial charge in [-0.3, -0.25) is 4.79 Å². The van der Waals surface area contributed by atoms with E-state index in [0.29, 0.717) is 0 Å². The van der Waals surface area contributed by atoms with Crippen LogP contribution in [0.15, 0.2) is 36.7 Å². The molecule has 0 radical (unpaired) electrons. The minimum Gasteiger partial charge on any atom is -0.497 e. The predicted molar refractivity (Wildman–Crippen MR) is 92.9 cm³/mol. The molecule has 1 amide bonds. The summed E-state index contributed by atoms with van der Waals surface area (Å²) in [6.07, 6.45) is 7.53. The molecule has 2 aromatic rings. The van der Waals surface area contributed by atoms with Crippen LogP contribution in [-0.2, 0) is 4.79 Å². The fraction of sp³-hybridized carbons (Fsp3) is 0.474. The summed E-state index contributed by atoms with van der Waals surface area (Å²) in [4.78, 5) is 22.8. The van der Waals surface area contributed by atoms with Crippen molar-refractivity contribution in [3.63, 3.8) is 0 Å². The number of nitrogens with zero attached hydrogens (tertiary/aromatic N) is 2. The quantitative estimate of drug-likeness (QED) is 0.911. The molecule has 3 rings (SSSR count). The Morgan fingerprint density at radius 1 is 1.38 bits per heavy atom. The molecule has 1 fully saturated rings. The molecule has 0 bridgehead atoms. The molecule has 1 N–H and O–H groups in total. The second-order valence-electron chi connectivity index (χ2n) is 6.25. The van der Waals surface area contributed by atoms with Gasteiger partial charge >= 0.3 is 0 Å². The molecule has 0 saturated carbocycles. The van der Waals surface area contributed by atoms with Gasteiger partial charge in [-0.1, -0.05) is 19.1 Å². The molecule has 24 heavy (non-hydrogen) atoms. The number of aromatic nitrogens is 2. The van der Waals surface area contributed by atoms with E-state index >= 15 is 0 Å². The van der Waals surface area contributed by atoms with Crippen molar-refractivity contribution in [2.75, 3.05) is 13.7 Å². The number of nitrogens with one attached hydrogen (secondary N) is 1. The van der Waals surface area contributed by atoms with Crippen molar-refractivity contribution in [2.45, 2.75) is 44.6 Å². The first-order valence-corrected chi connectivity index (χ1v) is 8.68. The lowest BCUT2D eigenvalue weighted by atomic mass is 9.92. The Balaban J connectivity index is 1.83. The standard InChI is InChI=1S/C19H25N3O2/c1-3-16(14-7-9-15(24-2)10-8-14)19(23)22-13-5-4-6-17(22)18-20-11-12-21-18/h7-12,16-17H,3-6,13H2,1-2H3,(H,20,21)/t16-,17-/m0/s1. The number of methoxy groups -OCH3 is 1. The lowest BCUT2D eigenvalue weighted by Gasteiger charge is -2.37. The molecule has 5 nitrogen and oxygen atoms in total. The van der Waals surface area contributed by atoms with Crippen LogP contribution in [0.2, 0.25) is 0 Å². The first-order valence-electron chi connectivity index (χ1n) is 8.68. The smallest absolute Gasteiger partial charge is 0.230 e. The molecule has 1 aliphatic heterocycles. The molecule has 1 aliphatic rings. The average molecular weight is 327 g/mol. The molecule has 128 valence electrons. The molecule has 1 aromatic heterocycles. The molecule has 1 aromatic carbocycles. The van der Waals surface area contributed by atoms with E-state index in [2.05, 4.69) is 16.9 Å². The number of hydrogen-bond donors (Lipinski definition) is 1. The summed E-state index contributed by atoms with van der Waals surface area (Å²) in [5.74, 6) is 1.79. The second-order valence-corrected chi connectivity index (χ2v) is 6.25. The number of aromatic amines is 1. The van der Waals surface area contributed by atoms with Gasteiger partial charge in [-0.15, -0.1) is 0 Å². The van der Waals surface area contributed by atoms with Crippen LogP contribution in [-0.4, -0.2) is 34.4 Å². The van der Waals surface area contributed by atoms with Crippen LogP contribution < -0.4 is 4.74 Å². The molecule has 5 heteroatoms. The highest BCUT2D eigenvalue weighted by atomic mass is 16.5. The maximum absolute atomic E-state index is 13.2. The third kappa shape index (κ3) is 3.30. The van der Waals surface area contributed by atoms with E-state index in [0.717, 1.165) is 49.4 Å². The van der Waals surface area contributed by atoms with Crippen LogP contribution in [0.4, 0.5) is 0 Å². The summed E-state index contributed by atoms with van der Waals surface area (Å²) in [5.41, 5.74) is 1.05. The SMILES string of the molecule is CC[C@H](C(=O)N1CCCC[C@H]1c1ncc[nH]1)c1ccc(OC)cc1. The van der Waals surface area contributed by atoms with Crippen molar-refractivity contribution in [1.82, 2.24) is 14.9 Å². The lowest BCUT2D eigenvalue weighted by Crippen LogP contribution is -2.41. The normalized spacial score (nSPS) is 19.1. The molecular weight excluding hydrogens is 302 g/mol. The van der Waals surface area contributed by atoms with Crippen LogP contribution in [0, 0.1) is 0 Å². The monoisotopic (exact) mass is 327 g/mol. The summed E-state index contributed by atoms with van der Waals surface area (Å²) in [7, 11) is 1.65. The number of imidazole rings is 1. The van der Waals surface area contributed by atoms with E-state index in [4.69, 9.17) is 4.74 Å². The molecule has 0 aliphatic carbocycles. The number of hydrogen-bond acceptors (Lipinski definition) is 3. The highest BCUT2D eigenvalue weighted by Crippen LogP contribution is 2.33. The van der Waals surface area contributed by atoms with Crippen LogP contribution in [0.3, 0.4) is 0 Å². The number of ether oxygens (including phenoxy) is 1. The Hall–Kier alpha value is -2.30. The van der Waals surface area contributed by atoms with E-state index in [1.807, 2.05) is 35.4 Å². The van der Waals surface area contributed by atoms with Gasteiger partial charge in [0.15, 0.2) is 0 Å². The number of carbonyl (C=O) groups excluding carboxylic acids is 1. The summed E-state index contributed by atoms with van der Waals surface area (Å²) in [6, 6.07) is 7.90. The molecule has 2 heterocycles. The Labute approximate surface area is 143 Å². The van der Waals surface area contributed by atoms with Gasteiger partial charge < -0.3 is 14.6 Å². The van der Waals surface area contributed by atoms with Crippen molar-refractivity contribution >= 4 is 5.91 Å². The molecule has 1 saturated heterocycles. The van der Waals surface area contributed by atoms with E-state index in [-0.39, 0.29) is 17.9 Å². The molecule has 0 unspecified atom stereocenters. The molecular formula is C19H25N3O2. The maximum Gasteiger partial charge on any atom is 0.230 e. The second kappa shape index (κ2) is 7.51. The van der Waals surface area contributed by atoms with Gasteiger partial charge in [0.2, 0.25) is 5.91 Å². The number of amides is 1. The Bertz CT molecular complexity index is 652. The summed E-state index contributed by atoms with van der Waals surface area (Å²) in [5, 5.41) is 0. The van der Waals surface area contributed by atoms with Crippen molar-refractivity contribution in [3.05, 3.63) is 48.0 Å². The van der Waals surface area contributed by atoms with Gasteiger partial charge in [-0.25, -0.2) is 4.98 Å². The van der Waals surface area contributed by atoms with E-state index in [1.165, 1.54) is 0 Å². The third-order valence-electron chi connectivity index (χ3n) is 4.85. The van der Waals surface area contributed by atoms with E-state index < -0.39 is 0 Å². The largest absolute Gasteiger partial charge is 0.497 e. The van der Waals surface area contributed by atoms with Crippen LogP contribution in [0.1, 0.15) is 56.0 Å². The maximum atomic E-state index is 13.2. The van der Waals surface area contributed by atoms with Gasteiger partial charge in [-0.2, -0.15) is 0 Å². The number of piperidine rings is 1. The summed E-state index contributed by atoms with van der Waals surface area (Å²) < 4.78 is 5.22. The zero-order valence-electron chi connectivity index (χ0n) is 14.4. The molecule has 0 spiro atoms. The summed E-state index contributed by atoms with van der Waals surface area (Å²) in [6.45, 7) is 2.87. The van der Waals surface area contributed by atoms with Gasteiger partial charge in [0.25, 0.3) is 0 Å². The minimum absolute atomic E-state index is 0.0635. The van der Waals surface area contributed by atoms with E-state index in [9.17, 15) is 4.79 Å². The first-order chi connectivity index (χ1) is 11.7. The van der Waals surface area contributed by atoms with Crippen LogP contribution in [0.5, 0.6) is 5.75 Å². The van der Waals surface area contributed by atoms with Gasteiger partial charge in [0.1, 0.15) is 11.6 Å². The number of carbonyl (C=O) groups is 1. The fourth-order valence-corrected chi connectivity index (χ4v) is 3.53. The van der Waals surface area contributed by atoms with Crippen molar-refractivity contribution in [3.8, 4) is 5.75 Å². The van der Waals surface area contributed by atoms with Gasteiger partial charge in [-0.05, 0) is 43.4 Å². The Morgan fingerprint density at radius 3 is 2.79 bits per heavy atom. The number of H-pyrrole nitrogens is 1. The third-order valence-corrected chi connectivity index (χ3v) is 4.85. The minimum atomic E-state index is -0.119.